The Labute approximate surface area is 214 Å². The second kappa shape index (κ2) is 10.5. The molecule has 2 N–H and O–H groups in total. The van der Waals surface area contributed by atoms with Crippen LogP contribution >= 0.6 is 0 Å². The molecule has 0 aliphatic carbocycles. The predicted molar refractivity (Wildman–Crippen MR) is 143 cm³/mol. The molecule has 188 valence electrons. The van der Waals surface area contributed by atoms with Crippen LogP contribution in [0.5, 0.6) is 5.75 Å². The molecule has 1 atom stereocenters. The molecule has 5 heteroatoms. The van der Waals surface area contributed by atoms with Crippen molar-refractivity contribution in [2.45, 2.75) is 50.6 Å². The van der Waals surface area contributed by atoms with Crippen LogP contribution in [0.15, 0.2) is 66.7 Å². The average molecular weight is 485 g/mol. The highest BCUT2D eigenvalue weighted by Crippen LogP contribution is 2.41. The predicted octanol–water partition coefficient (Wildman–Crippen LogP) is 5.02. The van der Waals surface area contributed by atoms with E-state index in [1.807, 2.05) is 12.1 Å². The first kappa shape index (κ1) is 24.5. The molecule has 0 saturated carbocycles. The van der Waals surface area contributed by atoms with Gasteiger partial charge in [0.25, 0.3) is 0 Å². The summed E-state index contributed by atoms with van der Waals surface area (Å²) >= 11 is 0. The molecule has 3 aromatic rings. The Kier molecular flexibility index (Phi) is 7.13. The van der Waals surface area contributed by atoms with Gasteiger partial charge in [0.2, 0.25) is 5.91 Å². The van der Waals surface area contributed by atoms with Crippen LogP contribution in [-0.2, 0) is 27.9 Å². The van der Waals surface area contributed by atoms with Crippen LogP contribution < -0.4 is 10.5 Å². The lowest BCUT2D eigenvalue weighted by molar-refractivity contribution is -0.124. The van der Waals surface area contributed by atoms with E-state index < -0.39 is 5.41 Å². The number of hydrogen-bond acceptors (Lipinski definition) is 4. The quantitative estimate of drug-likeness (QED) is 0.534. The number of rotatable bonds is 6. The lowest BCUT2D eigenvalue weighted by atomic mass is 9.71. The summed E-state index contributed by atoms with van der Waals surface area (Å²) in [6, 6.07) is 23.6. The average Bonchev–Trinajstić information content (AvgIpc) is 3.10. The van der Waals surface area contributed by atoms with Crippen LogP contribution in [0.2, 0.25) is 0 Å². The third-order valence-corrected chi connectivity index (χ3v) is 7.96. The number of carbonyl (C=O) groups is 1. The lowest BCUT2D eigenvalue weighted by Gasteiger charge is -2.35. The Balaban J connectivity index is 1.51. The summed E-state index contributed by atoms with van der Waals surface area (Å²) < 4.78 is 11.7. The maximum Gasteiger partial charge on any atom is 0.228 e. The van der Waals surface area contributed by atoms with Gasteiger partial charge < -0.3 is 15.2 Å². The van der Waals surface area contributed by atoms with Crippen molar-refractivity contribution in [1.29, 1.82) is 0 Å². The smallest absolute Gasteiger partial charge is 0.228 e. The molecule has 0 bridgehead atoms. The molecule has 1 saturated heterocycles. The summed E-state index contributed by atoms with van der Waals surface area (Å²) in [5.41, 5.74) is 12.1. The molecule has 2 heterocycles. The highest BCUT2D eigenvalue weighted by molar-refractivity contribution is 5.88. The van der Waals surface area contributed by atoms with Gasteiger partial charge in [-0.05, 0) is 73.2 Å². The number of primary amides is 1. The van der Waals surface area contributed by atoms with Gasteiger partial charge in [-0.25, -0.2) is 0 Å². The van der Waals surface area contributed by atoms with Crippen molar-refractivity contribution in [3.63, 3.8) is 0 Å². The normalized spacial score (nSPS) is 20.4. The highest BCUT2D eigenvalue weighted by Gasteiger charge is 2.42. The number of nitrogens with zero attached hydrogens (tertiary/aromatic N) is 1. The third-order valence-electron chi connectivity index (χ3n) is 7.96. The topological polar surface area (TPSA) is 64.8 Å². The molecule has 1 amide bonds. The number of ether oxygens (including phenoxy) is 2. The van der Waals surface area contributed by atoms with Crippen molar-refractivity contribution >= 4 is 5.91 Å². The Morgan fingerprint density at radius 3 is 2.47 bits per heavy atom. The SMILES string of the molecule is Cc1ccc(-c2ccc3c(c2)CC(C(N)=O)(c2ccccc2CN(C)C2CCOCC2)CCO3)cc1. The number of nitrogens with two attached hydrogens (primary N) is 1. The zero-order valence-corrected chi connectivity index (χ0v) is 21.3. The zero-order chi connectivity index (χ0) is 25.1. The van der Waals surface area contributed by atoms with E-state index in [9.17, 15) is 4.79 Å². The molecule has 2 aliphatic rings. The Hall–Kier alpha value is -3.15. The maximum atomic E-state index is 13.3. The van der Waals surface area contributed by atoms with E-state index in [-0.39, 0.29) is 5.91 Å². The monoisotopic (exact) mass is 484 g/mol. The third kappa shape index (κ3) is 4.91. The van der Waals surface area contributed by atoms with E-state index in [0.717, 1.165) is 66.2 Å². The first-order chi connectivity index (χ1) is 17.5. The molecule has 0 aromatic heterocycles. The van der Waals surface area contributed by atoms with Gasteiger partial charge in [0.1, 0.15) is 5.75 Å². The summed E-state index contributed by atoms with van der Waals surface area (Å²) in [7, 11) is 2.17. The van der Waals surface area contributed by atoms with Crippen molar-refractivity contribution in [3.8, 4) is 16.9 Å². The van der Waals surface area contributed by atoms with E-state index in [1.165, 1.54) is 5.56 Å². The standard InChI is InChI=1S/C31H36N2O3/c1-22-7-9-23(10-8-22)24-11-12-29-26(19-24)20-31(30(32)34,15-18-36-29)28-6-4-3-5-25(28)21-33(2)27-13-16-35-17-14-27/h3-12,19,27H,13-18,20-21H2,1-2H3,(H2,32,34). The first-order valence-corrected chi connectivity index (χ1v) is 13.0. The second-order valence-electron chi connectivity index (χ2n) is 10.3. The molecular weight excluding hydrogens is 448 g/mol. The molecule has 0 radical (unpaired) electrons. The number of benzene rings is 3. The Morgan fingerprint density at radius 1 is 1.00 bits per heavy atom. The molecule has 1 unspecified atom stereocenters. The minimum Gasteiger partial charge on any atom is -0.493 e. The van der Waals surface area contributed by atoms with Gasteiger partial charge in [0.05, 0.1) is 12.0 Å². The fourth-order valence-corrected chi connectivity index (χ4v) is 5.75. The molecule has 36 heavy (non-hydrogen) atoms. The summed E-state index contributed by atoms with van der Waals surface area (Å²) in [5, 5.41) is 0. The minimum absolute atomic E-state index is 0.291. The summed E-state index contributed by atoms with van der Waals surface area (Å²) in [5.74, 6) is 0.548. The van der Waals surface area contributed by atoms with Crippen LogP contribution in [0.4, 0.5) is 0 Å². The van der Waals surface area contributed by atoms with Crippen LogP contribution in [0.25, 0.3) is 11.1 Å². The summed E-state index contributed by atoms with van der Waals surface area (Å²) in [4.78, 5) is 15.7. The number of carbonyl (C=O) groups excluding carboxylic acids is 1. The molecule has 3 aromatic carbocycles. The second-order valence-corrected chi connectivity index (χ2v) is 10.3. The summed E-state index contributed by atoms with van der Waals surface area (Å²) in [6.45, 7) is 4.92. The number of aryl methyl sites for hydroxylation is 1. The van der Waals surface area contributed by atoms with Crippen LogP contribution in [0.3, 0.4) is 0 Å². The van der Waals surface area contributed by atoms with Crippen molar-refractivity contribution in [2.75, 3.05) is 26.9 Å². The molecule has 2 aliphatic heterocycles. The molecular formula is C31H36N2O3. The Morgan fingerprint density at radius 2 is 1.72 bits per heavy atom. The summed E-state index contributed by atoms with van der Waals surface area (Å²) in [6.07, 6.45) is 3.13. The van der Waals surface area contributed by atoms with Crippen LogP contribution in [0.1, 0.15) is 41.5 Å². The van der Waals surface area contributed by atoms with Crippen molar-refractivity contribution in [2.24, 2.45) is 5.73 Å². The zero-order valence-electron chi connectivity index (χ0n) is 21.3. The first-order valence-electron chi connectivity index (χ1n) is 13.0. The van der Waals surface area contributed by atoms with Crippen LogP contribution in [0, 0.1) is 6.92 Å². The highest BCUT2D eigenvalue weighted by atomic mass is 16.5. The van der Waals surface area contributed by atoms with E-state index in [2.05, 4.69) is 73.5 Å². The number of amides is 1. The molecule has 1 fully saturated rings. The maximum absolute atomic E-state index is 13.3. The number of hydrogen-bond donors (Lipinski definition) is 1. The van der Waals surface area contributed by atoms with Gasteiger partial charge in [-0.2, -0.15) is 0 Å². The van der Waals surface area contributed by atoms with Gasteiger partial charge in [-0.3, -0.25) is 9.69 Å². The van der Waals surface area contributed by atoms with E-state index in [4.69, 9.17) is 15.2 Å². The fourth-order valence-electron chi connectivity index (χ4n) is 5.75. The molecule has 0 spiro atoms. The van der Waals surface area contributed by atoms with Crippen molar-refractivity contribution < 1.29 is 14.3 Å². The fraction of sp³-hybridized carbons (Fsp3) is 0.387. The molecule has 5 rings (SSSR count). The van der Waals surface area contributed by atoms with E-state index in [1.54, 1.807) is 0 Å². The largest absolute Gasteiger partial charge is 0.493 e. The van der Waals surface area contributed by atoms with Crippen LogP contribution in [-0.4, -0.2) is 43.7 Å². The van der Waals surface area contributed by atoms with Crippen molar-refractivity contribution in [3.05, 3.63) is 89.0 Å². The number of fused-ring (bicyclic) bond motifs is 1. The van der Waals surface area contributed by atoms with Gasteiger partial charge in [-0.1, -0.05) is 60.2 Å². The molecule has 5 nitrogen and oxygen atoms in total. The lowest BCUT2D eigenvalue weighted by Crippen LogP contribution is -2.45. The van der Waals surface area contributed by atoms with Gasteiger partial charge in [-0.15, -0.1) is 0 Å². The minimum atomic E-state index is -0.829. The van der Waals surface area contributed by atoms with E-state index in [0.29, 0.717) is 25.5 Å². The van der Waals surface area contributed by atoms with Gasteiger partial charge in [0, 0.05) is 32.2 Å². The van der Waals surface area contributed by atoms with Gasteiger partial charge >= 0.3 is 0 Å². The Bertz CT molecular complexity index is 1220. The van der Waals surface area contributed by atoms with Crippen molar-refractivity contribution in [1.82, 2.24) is 4.90 Å². The van der Waals surface area contributed by atoms with Gasteiger partial charge in [0.15, 0.2) is 0 Å². The van der Waals surface area contributed by atoms with E-state index >= 15 is 0 Å².